The highest BCUT2D eigenvalue weighted by atomic mass is 16.6. The van der Waals surface area contributed by atoms with E-state index in [1.165, 1.54) is 6.07 Å². The topological polar surface area (TPSA) is 81.8 Å². The quantitative estimate of drug-likeness (QED) is 0.498. The van der Waals surface area contributed by atoms with Crippen LogP contribution >= 0.6 is 0 Å². The molecule has 2 rings (SSSR count). The minimum Gasteiger partial charge on any atom is -0.504 e. The number of carbonyl (C=O) groups is 1. The predicted octanol–water partition coefficient (Wildman–Crippen LogP) is 2.00. The molecule has 0 unspecified atom stereocenters. The third kappa shape index (κ3) is 3.09. The lowest BCUT2D eigenvalue weighted by molar-refractivity contribution is 0.0727. The van der Waals surface area contributed by atoms with Crippen LogP contribution in [0.2, 0.25) is 0 Å². The summed E-state index contributed by atoms with van der Waals surface area (Å²) in [5, 5.41) is 9.90. The Morgan fingerprint density at radius 3 is 2.53 bits per heavy atom. The largest absolute Gasteiger partial charge is 0.504 e. The number of aromatic hydroxyl groups is 1. The number of nitrogens with two attached hydrogens (primary N) is 1. The average molecular weight is 259 g/mol. The monoisotopic (exact) mass is 259 g/mol. The Kier molecular flexibility index (Phi) is 4.12. The van der Waals surface area contributed by atoms with Crippen LogP contribution in [0.5, 0.6) is 11.5 Å². The van der Waals surface area contributed by atoms with Crippen molar-refractivity contribution in [2.75, 3.05) is 0 Å². The molecule has 0 saturated heterocycles. The third-order valence-electron chi connectivity index (χ3n) is 2.53. The summed E-state index contributed by atoms with van der Waals surface area (Å²) in [5.41, 5.74) is 0.850. The van der Waals surface area contributed by atoms with Crippen molar-refractivity contribution in [1.82, 2.24) is 0 Å². The lowest BCUT2D eigenvalue weighted by atomic mass is 10.2. The highest BCUT2D eigenvalue weighted by molar-refractivity contribution is 5.91. The van der Waals surface area contributed by atoms with Crippen molar-refractivity contribution in [2.24, 2.45) is 5.90 Å². The van der Waals surface area contributed by atoms with Gasteiger partial charge in [-0.15, -0.1) is 0 Å². The van der Waals surface area contributed by atoms with E-state index in [9.17, 15) is 9.90 Å². The molecular formula is C14H13NO4. The van der Waals surface area contributed by atoms with Gasteiger partial charge in [0.2, 0.25) is 0 Å². The van der Waals surface area contributed by atoms with Gasteiger partial charge in [0, 0.05) is 5.56 Å². The van der Waals surface area contributed by atoms with Gasteiger partial charge in [0.1, 0.15) is 0 Å². The summed E-state index contributed by atoms with van der Waals surface area (Å²) in [6.45, 7) is 0.0303. The number of carbonyl (C=O) groups excluding carboxylic acids is 1. The van der Waals surface area contributed by atoms with E-state index in [-0.39, 0.29) is 18.1 Å². The summed E-state index contributed by atoms with van der Waals surface area (Å²) >= 11 is 0. The van der Waals surface area contributed by atoms with Crippen molar-refractivity contribution in [3.63, 3.8) is 0 Å². The van der Waals surface area contributed by atoms with Crippen molar-refractivity contribution in [2.45, 2.75) is 6.61 Å². The molecule has 0 spiro atoms. The number of para-hydroxylation sites is 1. The molecule has 0 bridgehead atoms. The number of esters is 1. The number of hydrogen-bond donors (Lipinski definition) is 2. The van der Waals surface area contributed by atoms with E-state index in [0.717, 1.165) is 0 Å². The second kappa shape index (κ2) is 5.99. The molecule has 5 heteroatoms. The van der Waals surface area contributed by atoms with Crippen LogP contribution in [0.15, 0.2) is 48.5 Å². The molecule has 0 aliphatic rings. The number of phenolic OH excluding ortho intramolecular Hbond substituents is 1. The lowest BCUT2D eigenvalue weighted by Gasteiger charge is -2.09. The van der Waals surface area contributed by atoms with Gasteiger partial charge in [-0.3, -0.25) is 4.84 Å². The SMILES string of the molecule is NOCc1cccc(OC(=O)c2ccccc2)c1O. The van der Waals surface area contributed by atoms with Crippen LogP contribution in [0.1, 0.15) is 15.9 Å². The van der Waals surface area contributed by atoms with E-state index < -0.39 is 5.97 Å². The van der Waals surface area contributed by atoms with Crippen LogP contribution in [-0.4, -0.2) is 11.1 Å². The molecule has 98 valence electrons. The molecule has 0 aliphatic heterocycles. The molecule has 0 amide bonds. The van der Waals surface area contributed by atoms with Crippen molar-refractivity contribution in [1.29, 1.82) is 0 Å². The van der Waals surface area contributed by atoms with E-state index in [1.54, 1.807) is 42.5 Å². The molecule has 0 fully saturated rings. The maximum absolute atomic E-state index is 11.8. The first-order chi connectivity index (χ1) is 9.22. The zero-order valence-corrected chi connectivity index (χ0v) is 10.1. The highest BCUT2D eigenvalue weighted by Gasteiger charge is 2.13. The van der Waals surface area contributed by atoms with E-state index in [4.69, 9.17) is 10.6 Å². The van der Waals surface area contributed by atoms with Gasteiger partial charge in [-0.05, 0) is 18.2 Å². The van der Waals surface area contributed by atoms with Gasteiger partial charge >= 0.3 is 5.97 Å². The molecule has 0 saturated carbocycles. The molecule has 19 heavy (non-hydrogen) atoms. The Hall–Kier alpha value is -2.37. The number of phenols is 1. The van der Waals surface area contributed by atoms with Crippen LogP contribution in [0.3, 0.4) is 0 Å². The Bertz CT molecular complexity index is 569. The summed E-state index contributed by atoms with van der Waals surface area (Å²) in [7, 11) is 0. The summed E-state index contributed by atoms with van der Waals surface area (Å²) in [5.74, 6) is 4.33. The number of benzene rings is 2. The van der Waals surface area contributed by atoms with Crippen molar-refractivity contribution >= 4 is 5.97 Å². The van der Waals surface area contributed by atoms with Gasteiger partial charge < -0.3 is 9.84 Å². The van der Waals surface area contributed by atoms with E-state index in [2.05, 4.69) is 4.84 Å². The first-order valence-corrected chi connectivity index (χ1v) is 5.62. The zero-order chi connectivity index (χ0) is 13.7. The van der Waals surface area contributed by atoms with Gasteiger partial charge in [-0.2, -0.15) is 0 Å². The van der Waals surface area contributed by atoms with Gasteiger partial charge in [-0.25, -0.2) is 10.7 Å². The lowest BCUT2D eigenvalue weighted by Crippen LogP contribution is -2.09. The fourth-order valence-corrected chi connectivity index (χ4v) is 1.59. The summed E-state index contributed by atoms with van der Waals surface area (Å²) in [6.07, 6.45) is 0. The molecule has 2 aromatic rings. The van der Waals surface area contributed by atoms with Gasteiger partial charge in [0.15, 0.2) is 11.5 Å². The highest BCUT2D eigenvalue weighted by Crippen LogP contribution is 2.30. The molecule has 2 aromatic carbocycles. The maximum Gasteiger partial charge on any atom is 0.343 e. The first kappa shape index (κ1) is 13.1. The summed E-state index contributed by atoms with van der Waals surface area (Å²) in [4.78, 5) is 16.3. The van der Waals surface area contributed by atoms with Gasteiger partial charge in [0.25, 0.3) is 0 Å². The fraction of sp³-hybridized carbons (Fsp3) is 0.0714. The number of hydrogen-bond acceptors (Lipinski definition) is 5. The van der Waals surface area contributed by atoms with Crippen LogP contribution in [-0.2, 0) is 11.4 Å². The van der Waals surface area contributed by atoms with Crippen LogP contribution in [0, 0.1) is 0 Å². The smallest absolute Gasteiger partial charge is 0.343 e. The Morgan fingerprint density at radius 2 is 1.84 bits per heavy atom. The minimum atomic E-state index is -0.540. The minimum absolute atomic E-state index is 0.0303. The first-order valence-electron chi connectivity index (χ1n) is 5.62. The van der Waals surface area contributed by atoms with E-state index >= 15 is 0 Å². The van der Waals surface area contributed by atoms with Crippen LogP contribution in [0.4, 0.5) is 0 Å². The third-order valence-corrected chi connectivity index (χ3v) is 2.53. The Morgan fingerprint density at radius 1 is 1.11 bits per heavy atom. The Balaban J connectivity index is 2.20. The van der Waals surface area contributed by atoms with Gasteiger partial charge in [0.05, 0.1) is 12.2 Å². The van der Waals surface area contributed by atoms with Crippen molar-refractivity contribution < 1.29 is 19.5 Å². The van der Waals surface area contributed by atoms with Crippen molar-refractivity contribution in [3.05, 3.63) is 59.7 Å². The maximum atomic E-state index is 11.8. The molecular weight excluding hydrogens is 246 g/mol. The molecule has 5 nitrogen and oxygen atoms in total. The fourth-order valence-electron chi connectivity index (χ4n) is 1.59. The zero-order valence-electron chi connectivity index (χ0n) is 10.1. The van der Waals surface area contributed by atoms with Crippen LogP contribution < -0.4 is 10.6 Å². The standard InChI is InChI=1S/C14H13NO4/c15-18-9-11-7-4-8-12(13(11)16)19-14(17)10-5-2-1-3-6-10/h1-8,16H,9,15H2. The molecule has 0 aliphatic carbocycles. The van der Waals surface area contributed by atoms with E-state index in [0.29, 0.717) is 11.1 Å². The number of rotatable bonds is 4. The predicted molar refractivity (Wildman–Crippen MR) is 68.5 cm³/mol. The van der Waals surface area contributed by atoms with Crippen molar-refractivity contribution in [3.8, 4) is 11.5 Å². The average Bonchev–Trinajstić information content (AvgIpc) is 2.44. The second-order valence-electron chi connectivity index (χ2n) is 3.83. The molecule has 0 atom stereocenters. The van der Waals surface area contributed by atoms with Crippen LogP contribution in [0.25, 0.3) is 0 Å². The normalized spacial score (nSPS) is 10.2. The molecule has 0 radical (unpaired) electrons. The van der Waals surface area contributed by atoms with Gasteiger partial charge in [-0.1, -0.05) is 30.3 Å². The molecule has 0 aromatic heterocycles. The molecule has 0 heterocycles. The Labute approximate surface area is 110 Å². The second-order valence-corrected chi connectivity index (χ2v) is 3.83. The summed E-state index contributed by atoms with van der Waals surface area (Å²) < 4.78 is 5.13. The molecule has 3 N–H and O–H groups in total. The summed E-state index contributed by atoms with van der Waals surface area (Å²) in [6, 6.07) is 13.3. The number of ether oxygens (including phenoxy) is 1. The van der Waals surface area contributed by atoms with E-state index in [1.807, 2.05) is 0 Å².